The third-order valence-electron chi connectivity index (χ3n) is 19.0. The summed E-state index contributed by atoms with van der Waals surface area (Å²) in [4.78, 5) is 14.1. The minimum atomic E-state index is -2.22. The minimum absolute atomic E-state index is 0.121. The largest absolute Gasteiger partial charge is 0.432 e. The van der Waals surface area contributed by atoms with E-state index in [-0.39, 0.29) is 22.7 Å². The third kappa shape index (κ3) is 11.0. The molecule has 9 rings (SSSR count). The summed E-state index contributed by atoms with van der Waals surface area (Å²) in [5, 5.41) is 191. The van der Waals surface area contributed by atoms with Crippen molar-refractivity contribution in [1.29, 1.82) is 0 Å². The number of aliphatic hydroxyl groups excluding tert-OH is 19. The first kappa shape index (κ1) is 63.2. The Labute approximate surface area is 453 Å². The molecule has 9 fully saturated rings. The van der Waals surface area contributed by atoms with E-state index >= 15 is 0 Å². The fourth-order valence-corrected chi connectivity index (χ4v) is 14.6. The van der Waals surface area contributed by atoms with Crippen LogP contribution in [0.25, 0.3) is 0 Å². The summed E-state index contributed by atoms with van der Waals surface area (Å²) in [6, 6.07) is 0. The molecule has 9 aliphatic rings. The lowest BCUT2D eigenvalue weighted by Gasteiger charge is -2.64. The van der Waals surface area contributed by atoms with E-state index in [2.05, 4.69) is 13.5 Å². The van der Waals surface area contributed by atoms with Gasteiger partial charge in [-0.2, -0.15) is 0 Å². The Morgan fingerprint density at radius 3 is 1.54 bits per heavy atom. The number of esters is 1. The van der Waals surface area contributed by atoms with Crippen LogP contribution in [-0.2, 0) is 47.4 Å². The van der Waals surface area contributed by atoms with Gasteiger partial charge in [-0.1, -0.05) is 19.9 Å². The number of fused-ring (bicyclic) bond motifs is 3. The van der Waals surface area contributed by atoms with Gasteiger partial charge in [0.15, 0.2) is 18.9 Å². The summed E-state index contributed by atoms with van der Waals surface area (Å²) in [5.74, 6) is -2.81. The minimum Gasteiger partial charge on any atom is -0.432 e. The Morgan fingerprint density at radius 1 is 0.532 bits per heavy atom. The molecule has 0 radical (unpaired) electrons. The fraction of sp³-hybridized carbons (Fsp3) is 0.940. The number of carbonyl (C=O) groups excluding carboxylic acids is 1. The van der Waals surface area contributed by atoms with Gasteiger partial charge in [0, 0.05) is 0 Å². The van der Waals surface area contributed by atoms with Crippen molar-refractivity contribution in [2.45, 2.75) is 224 Å². The summed E-state index contributed by atoms with van der Waals surface area (Å²) >= 11 is 0. The van der Waals surface area contributed by atoms with E-state index in [0.717, 1.165) is 18.4 Å². The molecular formula is C50H82O29. The lowest BCUT2D eigenvalue weighted by atomic mass is 9.41. The SMILES string of the molecule is C=C1C[C@@]23CC[C@H]4[C@@](C)(CCC[C@@]4(C)C(=O)O[C@@H]4O[C@H](CO)[C@@H](O)[C@H](O)[C@H]4O)[C@@H]2CC[C@]1(O[C@@H]1O[C@H](CO)[C@@H](O)[C@H](O)[C@H]1O[C@@H]1O[C@H](CO)[C@@H](O)[C@H](O)[C@H]1O)C3.OC[C@H]1O[C@@](CO)(O[C@H]2O[C@H](CO)[C@@H](O)[C@H](O)[C@H]2O)[C@@H](O)[C@@H]1O. The van der Waals surface area contributed by atoms with Crippen LogP contribution < -0.4 is 0 Å². The summed E-state index contributed by atoms with van der Waals surface area (Å²) in [5.41, 5.74) is -1.80. The zero-order valence-electron chi connectivity index (χ0n) is 43.8. The zero-order valence-corrected chi connectivity index (χ0v) is 43.8. The number of ether oxygens (including phenoxy) is 9. The molecular weight excluding hydrogens is 1060 g/mol. The van der Waals surface area contributed by atoms with Crippen LogP contribution >= 0.6 is 0 Å². The van der Waals surface area contributed by atoms with Gasteiger partial charge in [0.1, 0.15) is 123 Å². The van der Waals surface area contributed by atoms with Gasteiger partial charge >= 0.3 is 5.97 Å². The van der Waals surface area contributed by atoms with Crippen molar-refractivity contribution in [3.8, 4) is 0 Å². The highest BCUT2D eigenvalue weighted by molar-refractivity contribution is 5.77. The molecule has 456 valence electrons. The number of carbonyl (C=O) groups is 1. The normalized spacial score (nSPS) is 53.6. The second kappa shape index (κ2) is 24.2. The molecule has 29 heteroatoms. The molecule has 5 saturated heterocycles. The van der Waals surface area contributed by atoms with Gasteiger partial charge in [-0.05, 0) is 86.5 Å². The van der Waals surface area contributed by atoms with Crippen molar-refractivity contribution in [3.63, 3.8) is 0 Å². The van der Waals surface area contributed by atoms with Crippen LogP contribution in [0.2, 0.25) is 0 Å². The molecule has 0 aromatic carbocycles. The molecule has 5 heterocycles. The van der Waals surface area contributed by atoms with Gasteiger partial charge in [-0.25, -0.2) is 0 Å². The van der Waals surface area contributed by atoms with Gasteiger partial charge in [-0.15, -0.1) is 0 Å². The number of hydrogen-bond donors (Lipinski definition) is 19. The second-order valence-electron chi connectivity index (χ2n) is 23.6. The zero-order chi connectivity index (χ0) is 58.1. The molecule has 4 aliphatic carbocycles. The van der Waals surface area contributed by atoms with Crippen LogP contribution in [0.5, 0.6) is 0 Å². The van der Waals surface area contributed by atoms with Crippen LogP contribution in [0.15, 0.2) is 12.2 Å². The number of rotatable bonds is 14. The predicted octanol–water partition coefficient (Wildman–Crippen LogP) is -8.33. The highest BCUT2D eigenvalue weighted by Gasteiger charge is 2.70. The topological polar surface area (TPSA) is 485 Å². The molecule has 29 nitrogen and oxygen atoms in total. The molecule has 5 aliphatic heterocycles. The van der Waals surface area contributed by atoms with E-state index in [1.807, 2.05) is 6.92 Å². The maximum atomic E-state index is 14.1. The smallest absolute Gasteiger partial charge is 0.314 e. The fourth-order valence-electron chi connectivity index (χ4n) is 14.6. The first-order chi connectivity index (χ1) is 37.2. The Balaban J connectivity index is 0.000000299. The molecule has 79 heavy (non-hydrogen) atoms. The van der Waals surface area contributed by atoms with E-state index in [4.69, 9.17) is 52.8 Å². The third-order valence-corrected chi connectivity index (χ3v) is 19.0. The Kier molecular flexibility index (Phi) is 19.4. The van der Waals surface area contributed by atoms with E-state index in [0.29, 0.717) is 44.9 Å². The van der Waals surface area contributed by atoms with E-state index in [9.17, 15) is 91.6 Å². The monoisotopic (exact) mass is 1150 g/mol. The lowest BCUT2D eigenvalue weighted by molar-refractivity contribution is -0.383. The van der Waals surface area contributed by atoms with Crippen LogP contribution in [0, 0.1) is 28.1 Å². The summed E-state index contributed by atoms with van der Waals surface area (Å²) in [6.45, 7) is 4.20. The lowest BCUT2D eigenvalue weighted by Crippen LogP contribution is -2.65. The Hall–Kier alpha value is -1.87. The quantitative estimate of drug-likeness (QED) is 0.0436. The highest BCUT2D eigenvalue weighted by Crippen LogP contribution is 2.74. The van der Waals surface area contributed by atoms with E-state index in [1.54, 1.807) is 0 Å². The van der Waals surface area contributed by atoms with E-state index < -0.39 is 204 Å². The van der Waals surface area contributed by atoms with Crippen LogP contribution in [0.4, 0.5) is 0 Å². The van der Waals surface area contributed by atoms with Gasteiger partial charge in [0.25, 0.3) is 0 Å². The van der Waals surface area contributed by atoms with Crippen LogP contribution in [-0.4, -0.2) is 295 Å². The molecule has 0 aromatic rings. The standard InChI is InChI=1S/C38H60O18.C12H22O11/c1-16-11-37-9-5-20-35(2,7-4-8-36(20,3)34(50)55-32-29(49)26(46)23(43)18(13-40)52-32)21(37)6-10-38(16,15-37)56-33-30(27(47)24(44)19(14-41)53-33)54-31-28(48)25(45)22(42)17(12-39)51-31;13-1-4-6(16)8(18)9(19)11(21-4)23-12(3-15)10(20)7(17)5(2-14)22-12/h17-33,39-49H,1,4-15H2,2-3H3;4-11,13-20H,1-3H2/t17-,18-,19-,20+,21+,22-,23-,24-,25+,26+,27+,28-,29-,30-,31+,32+,33+,35-,36-,37-,38+;4-,5-,6-,7-,8+,9-,10+,11-,12+/m11/s1. The molecule has 30 atom stereocenters. The molecule has 2 bridgehead atoms. The molecule has 19 N–H and O–H groups in total. The maximum absolute atomic E-state index is 14.1. The first-order valence-electron chi connectivity index (χ1n) is 26.9. The van der Waals surface area contributed by atoms with Crippen LogP contribution in [0.1, 0.15) is 71.6 Å². The summed E-state index contributed by atoms with van der Waals surface area (Å²) in [7, 11) is 0. The van der Waals surface area contributed by atoms with Crippen molar-refractivity contribution in [1.82, 2.24) is 0 Å². The maximum Gasteiger partial charge on any atom is 0.314 e. The van der Waals surface area contributed by atoms with Gasteiger partial charge in [0.2, 0.25) is 12.1 Å². The number of aliphatic hydroxyl groups is 19. The number of hydrogen-bond acceptors (Lipinski definition) is 29. The van der Waals surface area contributed by atoms with Crippen LogP contribution in [0.3, 0.4) is 0 Å². The highest BCUT2D eigenvalue weighted by atomic mass is 16.8. The average Bonchev–Trinajstić information content (AvgIpc) is 4.09. The Bertz CT molecular complexity index is 2070. The van der Waals surface area contributed by atoms with Gasteiger partial charge in [-0.3, -0.25) is 4.79 Å². The molecule has 0 unspecified atom stereocenters. The van der Waals surface area contributed by atoms with E-state index in [1.165, 1.54) is 0 Å². The van der Waals surface area contributed by atoms with Crippen molar-refractivity contribution >= 4 is 5.97 Å². The predicted molar refractivity (Wildman–Crippen MR) is 255 cm³/mol. The van der Waals surface area contributed by atoms with Gasteiger partial charge in [0.05, 0.1) is 44.1 Å². The van der Waals surface area contributed by atoms with Gasteiger partial charge < -0.3 is 140 Å². The second-order valence-corrected chi connectivity index (χ2v) is 23.6. The molecule has 0 amide bonds. The van der Waals surface area contributed by atoms with Crippen molar-refractivity contribution in [3.05, 3.63) is 12.2 Å². The van der Waals surface area contributed by atoms with Crippen molar-refractivity contribution in [2.24, 2.45) is 28.1 Å². The summed E-state index contributed by atoms with van der Waals surface area (Å²) in [6.07, 6.45) is -30.5. The summed E-state index contributed by atoms with van der Waals surface area (Å²) < 4.78 is 51.0. The first-order valence-corrected chi connectivity index (χ1v) is 26.9. The molecule has 1 spiro atoms. The van der Waals surface area contributed by atoms with Crippen molar-refractivity contribution < 1.29 is 144 Å². The molecule has 0 aromatic heterocycles. The Morgan fingerprint density at radius 2 is 1.01 bits per heavy atom. The average molecular weight is 1150 g/mol. The molecule has 4 saturated carbocycles. The van der Waals surface area contributed by atoms with Crippen molar-refractivity contribution in [2.75, 3.05) is 39.6 Å².